The number of fused-ring (bicyclic) bond motifs is 3. The number of carbonyl (C=O) groups excluding carboxylic acids is 1. The monoisotopic (exact) mass is 336 g/mol. The van der Waals surface area contributed by atoms with Crippen molar-refractivity contribution in [2.45, 2.75) is 83.3 Å². The maximum absolute atomic E-state index is 11.7. The van der Waals surface area contributed by atoms with E-state index in [0.717, 1.165) is 51.4 Å². The predicted molar refractivity (Wildman–Crippen MR) is 90.2 cm³/mol. The highest BCUT2D eigenvalue weighted by molar-refractivity contribution is 5.66. The van der Waals surface area contributed by atoms with Crippen LogP contribution in [0.5, 0.6) is 0 Å². The summed E-state index contributed by atoms with van der Waals surface area (Å²) in [6.45, 7) is 3.83. The summed E-state index contributed by atoms with van der Waals surface area (Å²) in [5, 5.41) is 20.7. The molecule has 4 rings (SSSR count). The van der Waals surface area contributed by atoms with Gasteiger partial charge in [0.2, 0.25) is 0 Å². The Hall–Kier alpha value is -0.610. The van der Waals surface area contributed by atoms with E-state index in [9.17, 15) is 15.0 Å². The van der Waals surface area contributed by atoms with Crippen molar-refractivity contribution in [3.8, 4) is 0 Å². The van der Waals surface area contributed by atoms with Gasteiger partial charge < -0.3 is 14.9 Å². The van der Waals surface area contributed by atoms with E-state index < -0.39 is 5.60 Å². The lowest BCUT2D eigenvalue weighted by atomic mass is 9.44. The quantitative estimate of drug-likeness (QED) is 0.761. The molecule has 0 unspecified atom stereocenters. The molecule has 0 aromatic carbocycles. The second-order valence-electron chi connectivity index (χ2n) is 9.50. The van der Waals surface area contributed by atoms with E-state index >= 15 is 0 Å². The maximum Gasteiger partial charge on any atom is 0.303 e. The van der Waals surface area contributed by atoms with Crippen LogP contribution in [-0.4, -0.2) is 34.5 Å². The first-order chi connectivity index (χ1) is 11.4. The molecule has 0 saturated heterocycles. The smallest absolute Gasteiger partial charge is 0.303 e. The third kappa shape index (κ3) is 2.14. The molecule has 0 aliphatic heterocycles. The molecule has 2 N–H and O–H groups in total. The lowest BCUT2D eigenvalue weighted by molar-refractivity contribution is -0.168. The van der Waals surface area contributed by atoms with Crippen LogP contribution in [0.15, 0.2) is 0 Å². The second kappa shape index (κ2) is 5.44. The summed E-state index contributed by atoms with van der Waals surface area (Å²) in [5.41, 5.74) is -0.247. The molecule has 1 spiro atoms. The summed E-state index contributed by atoms with van der Waals surface area (Å²) < 4.78 is 5.76. The van der Waals surface area contributed by atoms with E-state index in [-0.39, 0.29) is 29.5 Å². The van der Waals surface area contributed by atoms with Crippen molar-refractivity contribution in [3.63, 3.8) is 0 Å². The number of hydrogen-bond donors (Lipinski definition) is 2. The topological polar surface area (TPSA) is 66.8 Å². The van der Waals surface area contributed by atoms with E-state index in [1.807, 2.05) is 0 Å². The van der Waals surface area contributed by atoms with Crippen molar-refractivity contribution < 1.29 is 19.7 Å². The Kier molecular flexibility index (Phi) is 3.82. The molecule has 0 aromatic heterocycles. The summed E-state index contributed by atoms with van der Waals surface area (Å²) in [6, 6.07) is 0. The zero-order valence-electron chi connectivity index (χ0n) is 15.1. The van der Waals surface area contributed by atoms with Gasteiger partial charge in [0, 0.05) is 12.8 Å². The molecule has 0 heterocycles. The zero-order chi connectivity index (χ0) is 17.2. The number of carbonyl (C=O) groups is 1. The summed E-state index contributed by atoms with van der Waals surface area (Å²) >= 11 is 0. The molecule has 4 fully saturated rings. The third-order valence-corrected chi connectivity index (χ3v) is 8.48. The molecule has 0 aromatic rings. The Morgan fingerprint density at radius 2 is 2.00 bits per heavy atom. The largest absolute Gasteiger partial charge is 0.456 e. The second-order valence-corrected chi connectivity index (χ2v) is 9.50. The number of rotatable bonds is 2. The fourth-order valence-corrected chi connectivity index (χ4v) is 7.73. The van der Waals surface area contributed by atoms with Crippen LogP contribution < -0.4 is 0 Å². The molecule has 0 amide bonds. The summed E-state index contributed by atoms with van der Waals surface area (Å²) in [5.74, 6) is 1.06. The van der Waals surface area contributed by atoms with Crippen LogP contribution in [0, 0.1) is 28.6 Å². The summed E-state index contributed by atoms with van der Waals surface area (Å²) in [4.78, 5) is 11.7. The fourth-order valence-electron chi connectivity index (χ4n) is 7.73. The lowest BCUT2D eigenvalue weighted by Gasteiger charge is -2.60. The van der Waals surface area contributed by atoms with Crippen LogP contribution in [0.1, 0.15) is 71.6 Å². The molecule has 0 radical (unpaired) electrons. The van der Waals surface area contributed by atoms with E-state index in [4.69, 9.17) is 4.74 Å². The maximum atomic E-state index is 11.7. The van der Waals surface area contributed by atoms with Crippen LogP contribution in [0.25, 0.3) is 0 Å². The van der Waals surface area contributed by atoms with Gasteiger partial charge in [0.1, 0.15) is 5.60 Å². The number of hydrogen-bond acceptors (Lipinski definition) is 4. The Morgan fingerprint density at radius 1 is 1.21 bits per heavy atom. The van der Waals surface area contributed by atoms with Gasteiger partial charge in [0.25, 0.3) is 0 Å². The highest BCUT2D eigenvalue weighted by atomic mass is 16.6. The van der Waals surface area contributed by atoms with Gasteiger partial charge in [-0.15, -0.1) is 0 Å². The Balaban J connectivity index is 1.68. The van der Waals surface area contributed by atoms with Gasteiger partial charge in [-0.05, 0) is 74.0 Å². The van der Waals surface area contributed by atoms with Crippen LogP contribution in [0.3, 0.4) is 0 Å². The highest BCUT2D eigenvalue weighted by Gasteiger charge is 2.67. The molecule has 4 aliphatic carbocycles. The molecule has 4 aliphatic rings. The van der Waals surface area contributed by atoms with E-state index in [0.29, 0.717) is 17.8 Å². The molecule has 4 heteroatoms. The molecule has 24 heavy (non-hydrogen) atoms. The molecular formula is C20H32O4. The molecular weight excluding hydrogens is 304 g/mol. The minimum atomic E-state index is -0.656. The van der Waals surface area contributed by atoms with Gasteiger partial charge in [0.15, 0.2) is 0 Å². The minimum absolute atomic E-state index is 0.0471. The van der Waals surface area contributed by atoms with E-state index in [2.05, 4.69) is 6.92 Å². The Labute approximate surface area is 145 Å². The van der Waals surface area contributed by atoms with Crippen LogP contribution >= 0.6 is 0 Å². The SMILES string of the molecule is CC(=O)O[C@@]1(CO)C[C@@]23CC[C@@H]4[C@H](O)CCC[C@@]4(C)[C@@H]2CC[C@@H]1C3. The average molecular weight is 336 g/mol. The average Bonchev–Trinajstić information content (AvgIpc) is 2.74. The number of ether oxygens (including phenoxy) is 1. The predicted octanol–water partition coefficient (Wildman–Crippen LogP) is 3.05. The summed E-state index contributed by atoms with van der Waals surface area (Å²) in [7, 11) is 0. The van der Waals surface area contributed by atoms with Crippen LogP contribution in [0.2, 0.25) is 0 Å². The normalized spacial score (nSPS) is 53.2. The van der Waals surface area contributed by atoms with Crippen LogP contribution in [0.4, 0.5) is 0 Å². The number of aliphatic hydroxyl groups excluding tert-OH is 2. The van der Waals surface area contributed by atoms with Gasteiger partial charge >= 0.3 is 5.97 Å². The van der Waals surface area contributed by atoms with Gasteiger partial charge in [-0.2, -0.15) is 0 Å². The van der Waals surface area contributed by atoms with Crippen molar-refractivity contribution in [1.29, 1.82) is 0 Å². The van der Waals surface area contributed by atoms with Crippen molar-refractivity contribution in [2.24, 2.45) is 28.6 Å². The number of esters is 1. The number of aliphatic hydroxyl groups is 2. The first kappa shape index (κ1) is 16.8. The molecule has 136 valence electrons. The molecule has 4 saturated carbocycles. The van der Waals surface area contributed by atoms with Crippen molar-refractivity contribution in [2.75, 3.05) is 6.61 Å². The molecule has 2 bridgehead atoms. The molecule has 4 nitrogen and oxygen atoms in total. The molecule has 7 atom stereocenters. The van der Waals surface area contributed by atoms with Crippen molar-refractivity contribution in [1.82, 2.24) is 0 Å². The Bertz CT molecular complexity index is 534. The van der Waals surface area contributed by atoms with Crippen molar-refractivity contribution in [3.05, 3.63) is 0 Å². The van der Waals surface area contributed by atoms with Gasteiger partial charge in [-0.3, -0.25) is 4.79 Å². The third-order valence-electron chi connectivity index (χ3n) is 8.48. The van der Waals surface area contributed by atoms with Gasteiger partial charge in [-0.1, -0.05) is 13.3 Å². The fraction of sp³-hybridized carbons (Fsp3) is 0.950. The lowest BCUT2D eigenvalue weighted by Crippen LogP contribution is -2.55. The minimum Gasteiger partial charge on any atom is -0.456 e. The van der Waals surface area contributed by atoms with Crippen LogP contribution in [-0.2, 0) is 9.53 Å². The highest BCUT2D eigenvalue weighted by Crippen LogP contribution is 2.71. The van der Waals surface area contributed by atoms with E-state index in [1.165, 1.54) is 13.3 Å². The van der Waals surface area contributed by atoms with Crippen molar-refractivity contribution >= 4 is 5.97 Å². The summed E-state index contributed by atoms with van der Waals surface area (Å²) in [6.07, 6.45) is 9.47. The Morgan fingerprint density at radius 3 is 2.71 bits per heavy atom. The van der Waals surface area contributed by atoms with Gasteiger partial charge in [0.05, 0.1) is 12.7 Å². The zero-order valence-corrected chi connectivity index (χ0v) is 15.1. The standard InChI is InChI=1S/C20H32O4/c1-13(22)24-20(12-21)11-19-9-7-15-16(23)4-3-8-18(15,2)17(19)6-5-14(20)10-19/h14-17,21,23H,3-12H2,1-2H3/t14-,15-,16-,17+,18-,19+,20-/m1/s1. The van der Waals surface area contributed by atoms with Gasteiger partial charge in [-0.25, -0.2) is 0 Å². The van der Waals surface area contributed by atoms with E-state index in [1.54, 1.807) is 0 Å². The first-order valence-electron chi connectivity index (χ1n) is 9.84. The first-order valence-corrected chi connectivity index (χ1v) is 9.84.